The quantitative estimate of drug-likeness (QED) is 0.593. The number of guanidine groups is 1. The molecule has 0 atom stereocenters. The summed E-state index contributed by atoms with van der Waals surface area (Å²) in [4.78, 5) is 4.27. The van der Waals surface area contributed by atoms with E-state index in [1.165, 1.54) is 44.9 Å². The summed E-state index contributed by atoms with van der Waals surface area (Å²) in [5.41, 5.74) is 5.91. The molecule has 13 heavy (non-hydrogen) atoms. The van der Waals surface area contributed by atoms with Crippen LogP contribution in [0.25, 0.3) is 0 Å². The maximum absolute atomic E-state index is 5.67. The largest absolute Gasteiger partial charge is 0.370 e. The first-order valence-electron chi connectivity index (χ1n) is 5.39. The molecule has 0 radical (unpaired) electrons. The van der Waals surface area contributed by atoms with Gasteiger partial charge in [0.05, 0.1) is 12.1 Å². The summed E-state index contributed by atoms with van der Waals surface area (Å²) in [5, 5.41) is 3.36. The van der Waals surface area contributed by atoms with Crippen molar-refractivity contribution in [2.75, 3.05) is 6.54 Å². The van der Waals surface area contributed by atoms with Gasteiger partial charge in [-0.1, -0.05) is 32.1 Å². The lowest BCUT2D eigenvalue weighted by atomic mass is 9.84. The molecule has 74 valence electrons. The summed E-state index contributed by atoms with van der Waals surface area (Å²) in [7, 11) is 0. The zero-order valence-corrected chi connectivity index (χ0v) is 8.18. The zero-order valence-electron chi connectivity index (χ0n) is 8.18. The van der Waals surface area contributed by atoms with Crippen molar-refractivity contribution in [1.82, 2.24) is 5.32 Å². The number of hydrogen-bond donors (Lipinski definition) is 2. The molecule has 2 aliphatic rings. The maximum Gasteiger partial charge on any atom is 0.189 e. The lowest BCUT2D eigenvalue weighted by Gasteiger charge is -2.31. The summed E-state index contributed by atoms with van der Waals surface area (Å²) in [6.07, 6.45) is 9.32. The summed E-state index contributed by atoms with van der Waals surface area (Å²) >= 11 is 0. The van der Waals surface area contributed by atoms with E-state index in [-0.39, 0.29) is 5.54 Å². The molecular formula is C10H19N3. The van der Waals surface area contributed by atoms with Crippen molar-refractivity contribution in [3.05, 3.63) is 0 Å². The highest BCUT2D eigenvalue weighted by Crippen LogP contribution is 2.28. The van der Waals surface area contributed by atoms with Gasteiger partial charge in [0.2, 0.25) is 0 Å². The second-order valence-corrected chi connectivity index (χ2v) is 4.37. The third-order valence-electron chi connectivity index (χ3n) is 3.26. The van der Waals surface area contributed by atoms with E-state index in [4.69, 9.17) is 5.73 Å². The molecule has 3 heteroatoms. The van der Waals surface area contributed by atoms with Crippen molar-refractivity contribution < 1.29 is 0 Å². The summed E-state index contributed by atoms with van der Waals surface area (Å²) < 4.78 is 0. The minimum atomic E-state index is 0.241. The molecule has 3 nitrogen and oxygen atoms in total. The number of aliphatic imine (C=N–C) groups is 1. The lowest BCUT2D eigenvalue weighted by Crippen LogP contribution is -2.48. The molecule has 0 amide bonds. The topological polar surface area (TPSA) is 50.4 Å². The van der Waals surface area contributed by atoms with E-state index in [0.29, 0.717) is 5.96 Å². The number of nitrogens with zero attached hydrogens (tertiary/aromatic N) is 1. The van der Waals surface area contributed by atoms with Crippen LogP contribution in [0.15, 0.2) is 4.99 Å². The third-order valence-corrected chi connectivity index (χ3v) is 3.26. The second kappa shape index (κ2) is 3.56. The van der Waals surface area contributed by atoms with Gasteiger partial charge >= 0.3 is 0 Å². The average Bonchev–Trinajstić information content (AvgIpc) is 2.42. The molecule has 1 aliphatic heterocycles. The van der Waals surface area contributed by atoms with Crippen LogP contribution in [0, 0.1) is 0 Å². The van der Waals surface area contributed by atoms with Crippen molar-refractivity contribution in [1.29, 1.82) is 0 Å². The molecule has 0 aromatic rings. The Hall–Kier alpha value is -0.730. The molecule has 0 aromatic heterocycles. The van der Waals surface area contributed by atoms with Crippen molar-refractivity contribution >= 4 is 5.96 Å². The molecule has 1 heterocycles. The molecule has 0 bridgehead atoms. The highest BCUT2D eigenvalue weighted by molar-refractivity contribution is 5.80. The summed E-state index contributed by atoms with van der Waals surface area (Å²) in [6, 6.07) is 0. The first-order chi connectivity index (χ1) is 6.31. The van der Waals surface area contributed by atoms with Gasteiger partial charge in [-0.25, -0.2) is 0 Å². The summed E-state index contributed by atoms with van der Waals surface area (Å²) in [5.74, 6) is 0.653. The monoisotopic (exact) mass is 181 g/mol. The van der Waals surface area contributed by atoms with E-state index in [1.54, 1.807) is 0 Å². The van der Waals surface area contributed by atoms with Crippen LogP contribution >= 0.6 is 0 Å². The van der Waals surface area contributed by atoms with Crippen LogP contribution in [0.3, 0.4) is 0 Å². The Morgan fingerprint density at radius 2 is 1.69 bits per heavy atom. The van der Waals surface area contributed by atoms with Gasteiger partial charge in [-0.15, -0.1) is 0 Å². The van der Waals surface area contributed by atoms with E-state index >= 15 is 0 Å². The van der Waals surface area contributed by atoms with Crippen LogP contribution in [-0.2, 0) is 0 Å². The van der Waals surface area contributed by atoms with Gasteiger partial charge in [-0.2, -0.15) is 0 Å². The van der Waals surface area contributed by atoms with E-state index in [1.807, 2.05) is 0 Å². The molecule has 1 aliphatic carbocycles. The smallest absolute Gasteiger partial charge is 0.189 e. The van der Waals surface area contributed by atoms with E-state index < -0.39 is 0 Å². The molecule has 0 unspecified atom stereocenters. The van der Waals surface area contributed by atoms with Crippen molar-refractivity contribution in [2.45, 2.75) is 50.5 Å². The predicted octanol–water partition coefficient (Wildman–Crippen LogP) is 1.39. The number of hydrogen-bond acceptors (Lipinski definition) is 3. The minimum absolute atomic E-state index is 0.241. The molecule has 1 saturated carbocycles. The van der Waals surface area contributed by atoms with Crippen LogP contribution in [0.2, 0.25) is 0 Å². The van der Waals surface area contributed by atoms with Gasteiger partial charge in [-0.3, -0.25) is 4.99 Å². The van der Waals surface area contributed by atoms with Crippen molar-refractivity contribution in [2.24, 2.45) is 10.7 Å². The van der Waals surface area contributed by atoms with E-state index in [9.17, 15) is 0 Å². The van der Waals surface area contributed by atoms with Crippen molar-refractivity contribution in [3.8, 4) is 0 Å². The zero-order chi connectivity index (χ0) is 9.15. The Bertz CT molecular complexity index is 202. The Labute approximate surface area is 79.8 Å². The first kappa shape index (κ1) is 8.85. The number of nitrogens with two attached hydrogens (primary N) is 1. The normalized spacial score (nSPS) is 27.5. The molecule has 1 spiro atoms. The highest BCUT2D eigenvalue weighted by atomic mass is 15.2. The van der Waals surface area contributed by atoms with Gasteiger partial charge < -0.3 is 11.1 Å². The first-order valence-corrected chi connectivity index (χ1v) is 5.39. The van der Waals surface area contributed by atoms with Gasteiger partial charge in [-0.05, 0) is 12.8 Å². The Balaban J connectivity index is 1.96. The fourth-order valence-electron chi connectivity index (χ4n) is 2.45. The fraction of sp³-hybridized carbons (Fsp3) is 0.900. The van der Waals surface area contributed by atoms with Crippen LogP contribution < -0.4 is 11.1 Å². The molecule has 3 N–H and O–H groups in total. The highest BCUT2D eigenvalue weighted by Gasteiger charge is 2.33. The van der Waals surface area contributed by atoms with Crippen molar-refractivity contribution in [3.63, 3.8) is 0 Å². The van der Waals surface area contributed by atoms with Gasteiger partial charge in [0.25, 0.3) is 0 Å². The second-order valence-electron chi connectivity index (χ2n) is 4.37. The molecule has 0 saturated heterocycles. The van der Waals surface area contributed by atoms with Gasteiger partial charge in [0.15, 0.2) is 5.96 Å². The van der Waals surface area contributed by atoms with Gasteiger partial charge in [0, 0.05) is 0 Å². The Morgan fingerprint density at radius 3 is 2.23 bits per heavy atom. The van der Waals surface area contributed by atoms with E-state index in [2.05, 4.69) is 10.3 Å². The Kier molecular flexibility index (Phi) is 2.42. The minimum Gasteiger partial charge on any atom is -0.370 e. The molecule has 2 rings (SSSR count). The standard InChI is InChI=1S/C10H19N3/c11-9-12-8-10(13-9)6-4-2-1-3-5-7-10/h1-8H2,(H3,11,12,13). The number of nitrogens with one attached hydrogen (secondary N) is 1. The van der Waals surface area contributed by atoms with Crippen LogP contribution in [0.4, 0.5) is 0 Å². The number of rotatable bonds is 0. The Morgan fingerprint density at radius 1 is 1.08 bits per heavy atom. The average molecular weight is 181 g/mol. The van der Waals surface area contributed by atoms with Crippen LogP contribution in [-0.4, -0.2) is 18.0 Å². The fourth-order valence-corrected chi connectivity index (χ4v) is 2.45. The predicted molar refractivity (Wildman–Crippen MR) is 54.7 cm³/mol. The van der Waals surface area contributed by atoms with E-state index in [0.717, 1.165) is 6.54 Å². The SMILES string of the molecule is NC1=NCC2(CCCCCCC2)N1. The molecule has 1 fully saturated rings. The maximum atomic E-state index is 5.67. The summed E-state index contributed by atoms with van der Waals surface area (Å²) in [6.45, 7) is 0.902. The molecular weight excluding hydrogens is 162 g/mol. The van der Waals surface area contributed by atoms with Crippen LogP contribution in [0.1, 0.15) is 44.9 Å². The van der Waals surface area contributed by atoms with Crippen LogP contribution in [0.5, 0.6) is 0 Å². The lowest BCUT2D eigenvalue weighted by molar-refractivity contribution is 0.308. The third kappa shape index (κ3) is 1.95. The van der Waals surface area contributed by atoms with Gasteiger partial charge in [0.1, 0.15) is 0 Å². The molecule has 0 aromatic carbocycles.